The first kappa shape index (κ1) is 36.0. The number of benzene rings is 4. The molecule has 0 saturated carbocycles. The molecule has 1 aromatic heterocycles. The Bertz CT molecular complexity index is 2020. The fraction of sp³-hybridized carbons (Fsp3) is 0.250. The highest BCUT2D eigenvalue weighted by Crippen LogP contribution is 2.26. The first-order valence-electron chi connectivity index (χ1n) is 17.1. The smallest absolute Gasteiger partial charge is 0.256 e. The van der Waals surface area contributed by atoms with Crippen molar-refractivity contribution in [2.24, 2.45) is 0 Å². The topological polar surface area (TPSA) is 87.5 Å². The lowest BCUT2D eigenvalue weighted by molar-refractivity contribution is 0.0666. The SMILES string of the molecule is O=C(NC1CCCN(C(=O)c2ccc(F)cc2)C1)c1ccccc1F.O=C(c1ccccc1F)N1CCCC(n2cc(-c3ccc(F)cc3)cn2)C1. The lowest BCUT2D eigenvalue weighted by Gasteiger charge is -2.33. The van der Waals surface area contributed by atoms with Gasteiger partial charge in [-0.15, -0.1) is 0 Å². The second-order valence-corrected chi connectivity index (χ2v) is 12.8. The summed E-state index contributed by atoms with van der Waals surface area (Å²) in [5.74, 6) is -2.73. The molecule has 0 aliphatic carbocycles. The summed E-state index contributed by atoms with van der Waals surface area (Å²) in [6.07, 6.45) is 6.82. The van der Waals surface area contributed by atoms with E-state index in [9.17, 15) is 31.9 Å². The number of aromatic nitrogens is 2. The quantitative estimate of drug-likeness (QED) is 0.187. The van der Waals surface area contributed by atoms with E-state index in [2.05, 4.69) is 10.4 Å². The molecule has 5 aromatic rings. The molecule has 52 heavy (non-hydrogen) atoms. The van der Waals surface area contributed by atoms with Crippen LogP contribution < -0.4 is 5.32 Å². The van der Waals surface area contributed by atoms with Crippen molar-refractivity contribution in [1.29, 1.82) is 0 Å². The number of carbonyl (C=O) groups is 3. The van der Waals surface area contributed by atoms with Crippen LogP contribution in [-0.4, -0.2) is 69.5 Å². The summed E-state index contributed by atoms with van der Waals surface area (Å²) >= 11 is 0. The Morgan fingerprint density at radius 2 is 1.21 bits per heavy atom. The molecule has 2 atom stereocenters. The zero-order valence-corrected chi connectivity index (χ0v) is 28.2. The van der Waals surface area contributed by atoms with Gasteiger partial charge in [-0.1, -0.05) is 36.4 Å². The maximum absolute atomic E-state index is 13.9. The number of hydrogen-bond acceptors (Lipinski definition) is 4. The Morgan fingerprint density at radius 3 is 1.87 bits per heavy atom. The molecular weight excluding hydrogens is 674 g/mol. The molecule has 1 N–H and O–H groups in total. The van der Waals surface area contributed by atoms with E-state index in [4.69, 9.17) is 0 Å². The van der Waals surface area contributed by atoms with Crippen molar-refractivity contribution in [1.82, 2.24) is 24.9 Å². The van der Waals surface area contributed by atoms with Crippen molar-refractivity contribution in [3.05, 3.63) is 149 Å². The van der Waals surface area contributed by atoms with Crippen LogP contribution in [0.5, 0.6) is 0 Å². The van der Waals surface area contributed by atoms with E-state index in [0.29, 0.717) is 38.2 Å². The maximum atomic E-state index is 13.9. The van der Waals surface area contributed by atoms with Crippen LogP contribution in [0, 0.1) is 23.3 Å². The van der Waals surface area contributed by atoms with Gasteiger partial charge in [0.05, 0.1) is 23.4 Å². The minimum Gasteiger partial charge on any atom is -0.347 e. The van der Waals surface area contributed by atoms with Gasteiger partial charge in [0.2, 0.25) is 0 Å². The molecule has 2 unspecified atom stereocenters. The molecule has 8 nitrogen and oxygen atoms in total. The highest BCUT2D eigenvalue weighted by Gasteiger charge is 2.28. The lowest BCUT2D eigenvalue weighted by atomic mass is 10.0. The molecule has 0 bridgehead atoms. The third kappa shape index (κ3) is 8.74. The van der Waals surface area contributed by atoms with Gasteiger partial charge >= 0.3 is 0 Å². The van der Waals surface area contributed by atoms with Gasteiger partial charge in [0.1, 0.15) is 23.3 Å². The van der Waals surface area contributed by atoms with Crippen LogP contribution in [-0.2, 0) is 0 Å². The molecule has 0 radical (unpaired) electrons. The minimum absolute atomic E-state index is 0.00974. The first-order valence-corrected chi connectivity index (χ1v) is 17.1. The predicted molar refractivity (Wildman–Crippen MR) is 187 cm³/mol. The molecule has 2 fully saturated rings. The summed E-state index contributed by atoms with van der Waals surface area (Å²) in [4.78, 5) is 40.7. The largest absolute Gasteiger partial charge is 0.347 e. The fourth-order valence-corrected chi connectivity index (χ4v) is 6.45. The van der Waals surface area contributed by atoms with Gasteiger partial charge in [0, 0.05) is 49.5 Å². The van der Waals surface area contributed by atoms with Gasteiger partial charge in [0.15, 0.2) is 0 Å². The number of nitrogens with zero attached hydrogens (tertiary/aromatic N) is 4. The molecule has 4 aromatic carbocycles. The summed E-state index contributed by atoms with van der Waals surface area (Å²) < 4.78 is 55.6. The van der Waals surface area contributed by atoms with Crippen molar-refractivity contribution in [2.75, 3.05) is 26.2 Å². The van der Waals surface area contributed by atoms with Crippen molar-refractivity contribution in [2.45, 2.75) is 37.8 Å². The van der Waals surface area contributed by atoms with Crippen LogP contribution in [0.1, 0.15) is 62.8 Å². The Balaban J connectivity index is 0.000000179. The number of carbonyl (C=O) groups excluding carboxylic acids is 3. The van der Waals surface area contributed by atoms with Crippen LogP contribution in [0.2, 0.25) is 0 Å². The molecule has 268 valence electrons. The number of rotatable bonds is 6. The van der Waals surface area contributed by atoms with Crippen LogP contribution in [0.4, 0.5) is 17.6 Å². The number of piperidine rings is 2. The lowest BCUT2D eigenvalue weighted by Crippen LogP contribution is -2.49. The molecule has 0 spiro atoms. The molecular formula is C40H37F4N5O3. The van der Waals surface area contributed by atoms with Gasteiger partial charge in [0.25, 0.3) is 17.7 Å². The Kier molecular flexibility index (Phi) is 11.4. The van der Waals surface area contributed by atoms with E-state index in [1.54, 1.807) is 46.3 Å². The standard InChI is InChI=1S/C21H19F2N3O.C19H18F2N2O2/c22-17-9-7-15(8-10-17)16-12-24-26(13-16)18-4-3-11-25(14-18)21(27)19-5-1-2-6-20(19)23;20-14-9-7-13(8-10-14)19(25)23-11-3-4-15(12-23)22-18(24)16-5-1-2-6-17(16)21/h1-2,5-10,12-13,18H,3-4,11,14H2;1-2,5-10,15H,3-4,11-12H2,(H,22,24). The highest BCUT2D eigenvalue weighted by molar-refractivity contribution is 5.96. The highest BCUT2D eigenvalue weighted by atomic mass is 19.1. The van der Waals surface area contributed by atoms with Crippen molar-refractivity contribution in [3.63, 3.8) is 0 Å². The third-order valence-electron chi connectivity index (χ3n) is 9.19. The monoisotopic (exact) mass is 711 g/mol. The molecule has 7 rings (SSSR count). The molecule has 3 heterocycles. The summed E-state index contributed by atoms with van der Waals surface area (Å²) in [5, 5.41) is 7.22. The second kappa shape index (κ2) is 16.5. The summed E-state index contributed by atoms with van der Waals surface area (Å²) in [6.45, 7) is 2.01. The van der Waals surface area contributed by atoms with E-state index in [1.807, 2.05) is 10.9 Å². The third-order valence-corrected chi connectivity index (χ3v) is 9.19. The van der Waals surface area contributed by atoms with E-state index in [1.165, 1.54) is 66.7 Å². The van der Waals surface area contributed by atoms with Crippen molar-refractivity contribution in [3.8, 4) is 11.1 Å². The van der Waals surface area contributed by atoms with Crippen molar-refractivity contribution >= 4 is 17.7 Å². The van der Waals surface area contributed by atoms with Gasteiger partial charge in [-0.3, -0.25) is 19.1 Å². The van der Waals surface area contributed by atoms with Gasteiger partial charge < -0.3 is 15.1 Å². The molecule has 2 aliphatic heterocycles. The summed E-state index contributed by atoms with van der Waals surface area (Å²) in [5.41, 5.74) is 2.28. The minimum atomic E-state index is -0.574. The number of nitrogens with one attached hydrogen (secondary N) is 1. The second-order valence-electron chi connectivity index (χ2n) is 12.8. The van der Waals surface area contributed by atoms with E-state index in [0.717, 1.165) is 30.4 Å². The number of hydrogen-bond donors (Lipinski definition) is 1. The van der Waals surface area contributed by atoms with E-state index < -0.39 is 23.4 Å². The average molecular weight is 712 g/mol. The normalized spacial score (nSPS) is 17.2. The number of amides is 3. The van der Waals surface area contributed by atoms with Gasteiger partial charge in [-0.2, -0.15) is 5.10 Å². The maximum Gasteiger partial charge on any atom is 0.256 e. The van der Waals surface area contributed by atoms with Crippen molar-refractivity contribution < 1.29 is 31.9 Å². The van der Waals surface area contributed by atoms with Gasteiger partial charge in [-0.05, 0) is 91.9 Å². The first-order chi connectivity index (χ1) is 25.2. The predicted octanol–water partition coefficient (Wildman–Crippen LogP) is 7.31. The Labute approximate surface area is 298 Å². The average Bonchev–Trinajstić information content (AvgIpc) is 3.66. The molecule has 12 heteroatoms. The molecule has 2 aliphatic rings. The zero-order valence-electron chi connectivity index (χ0n) is 28.2. The van der Waals surface area contributed by atoms with Crippen LogP contribution >= 0.6 is 0 Å². The number of likely N-dealkylation sites (tertiary alicyclic amines) is 2. The van der Waals surface area contributed by atoms with E-state index in [-0.39, 0.29) is 40.8 Å². The Morgan fingerprint density at radius 1 is 0.635 bits per heavy atom. The zero-order chi connectivity index (χ0) is 36.6. The van der Waals surface area contributed by atoms with Crippen LogP contribution in [0.15, 0.2) is 109 Å². The molecule has 3 amide bonds. The van der Waals surface area contributed by atoms with Crippen LogP contribution in [0.3, 0.4) is 0 Å². The number of halogens is 4. The summed E-state index contributed by atoms with van der Waals surface area (Å²) in [6, 6.07) is 23.3. The summed E-state index contributed by atoms with van der Waals surface area (Å²) in [7, 11) is 0. The van der Waals surface area contributed by atoms with Gasteiger partial charge in [-0.25, -0.2) is 17.6 Å². The van der Waals surface area contributed by atoms with E-state index >= 15 is 0 Å². The van der Waals surface area contributed by atoms with Crippen LogP contribution in [0.25, 0.3) is 11.1 Å². The molecule has 2 saturated heterocycles. The Hall–Kier alpha value is -5.78. The fourth-order valence-electron chi connectivity index (χ4n) is 6.45.